The van der Waals surface area contributed by atoms with Crippen LogP contribution >= 0.6 is 0 Å². The molecule has 1 atom stereocenters. The van der Waals surface area contributed by atoms with E-state index < -0.39 is 33.8 Å². The number of amides is 1. The molecule has 2 N–H and O–H groups in total. The van der Waals surface area contributed by atoms with Crippen LogP contribution in [0.3, 0.4) is 0 Å². The molecular weight excluding hydrogens is 375 g/mol. The molecule has 2 aromatic rings. The second kappa shape index (κ2) is 8.17. The van der Waals surface area contributed by atoms with Gasteiger partial charge in [-0.2, -0.15) is 0 Å². The molecule has 0 fully saturated rings. The predicted octanol–water partition coefficient (Wildman–Crippen LogP) is 2.23. The molecule has 9 heteroatoms. The molecule has 2 aromatic carbocycles. The molecule has 0 unspecified atom stereocenters. The zero-order chi connectivity index (χ0) is 20.2. The molecule has 1 amide bonds. The number of benzene rings is 2. The van der Waals surface area contributed by atoms with Gasteiger partial charge in [0.05, 0.1) is 10.5 Å². The van der Waals surface area contributed by atoms with Crippen molar-refractivity contribution in [3.8, 4) is 0 Å². The van der Waals surface area contributed by atoms with E-state index in [0.29, 0.717) is 5.56 Å². The van der Waals surface area contributed by atoms with Gasteiger partial charge in [-0.15, -0.1) is 0 Å². The highest BCUT2D eigenvalue weighted by Gasteiger charge is 2.19. The van der Waals surface area contributed by atoms with Crippen molar-refractivity contribution in [1.29, 1.82) is 0 Å². The number of anilines is 1. The van der Waals surface area contributed by atoms with Gasteiger partial charge in [-0.25, -0.2) is 17.6 Å². The molecule has 0 aliphatic heterocycles. The summed E-state index contributed by atoms with van der Waals surface area (Å²) in [5, 5.41) is 2.35. The molecule has 0 heterocycles. The van der Waals surface area contributed by atoms with E-state index in [4.69, 9.17) is 4.74 Å². The first-order chi connectivity index (χ1) is 12.6. The molecule has 0 saturated heterocycles. The summed E-state index contributed by atoms with van der Waals surface area (Å²) in [4.78, 5) is 23.3. The summed E-state index contributed by atoms with van der Waals surface area (Å²) in [5.41, 5.74) is 0.475. The Hall–Kier alpha value is -2.94. The second-order valence-electron chi connectivity index (χ2n) is 5.76. The maximum Gasteiger partial charge on any atom is 0.338 e. The lowest BCUT2D eigenvalue weighted by molar-refractivity contribution is -0.128. The summed E-state index contributed by atoms with van der Waals surface area (Å²) >= 11 is 0. The van der Waals surface area contributed by atoms with Crippen molar-refractivity contribution in [3.63, 3.8) is 0 Å². The lowest BCUT2D eigenvalue weighted by atomic mass is 10.2. The summed E-state index contributed by atoms with van der Waals surface area (Å²) in [6.45, 7) is 2.93. The zero-order valence-corrected chi connectivity index (χ0v) is 15.8. The minimum atomic E-state index is -4.04. The molecular formula is C18H19FN2O5S. The van der Waals surface area contributed by atoms with Gasteiger partial charge in [-0.1, -0.05) is 12.1 Å². The highest BCUT2D eigenvalue weighted by molar-refractivity contribution is 7.92. The Balaban J connectivity index is 2.20. The van der Waals surface area contributed by atoms with Crippen LogP contribution in [0.2, 0.25) is 0 Å². The van der Waals surface area contributed by atoms with Crippen LogP contribution in [-0.4, -0.2) is 33.4 Å². The lowest BCUT2D eigenvalue weighted by Crippen LogP contribution is -2.33. The van der Waals surface area contributed by atoms with Gasteiger partial charge >= 0.3 is 5.97 Å². The molecule has 144 valence electrons. The molecule has 0 saturated carbocycles. The van der Waals surface area contributed by atoms with Crippen molar-refractivity contribution >= 4 is 27.6 Å². The third kappa shape index (κ3) is 5.04. The number of hydrogen-bond donors (Lipinski definition) is 2. The van der Waals surface area contributed by atoms with Crippen LogP contribution in [0, 0.1) is 12.7 Å². The second-order valence-corrected chi connectivity index (χ2v) is 7.44. The number of likely N-dealkylation sites (N-methyl/N-ethyl adjacent to an activating group) is 1. The van der Waals surface area contributed by atoms with E-state index in [1.54, 1.807) is 0 Å². The molecule has 0 radical (unpaired) electrons. The fourth-order valence-corrected chi connectivity index (χ4v) is 3.21. The van der Waals surface area contributed by atoms with Crippen molar-refractivity contribution in [3.05, 3.63) is 59.4 Å². The number of sulfonamides is 1. The standard InChI is InChI=1S/C18H19FN2O5S/c1-11-7-8-15(10-16(11)19)27(24,25)21-14-6-4-5-13(9-14)18(23)26-12(2)17(22)20-3/h4-10,12,21H,1-3H3,(H,20,22)/t12-/m1/s1. The van der Waals surface area contributed by atoms with E-state index in [0.717, 1.165) is 6.07 Å². The van der Waals surface area contributed by atoms with Gasteiger partial charge in [0.2, 0.25) is 0 Å². The Labute approximate surface area is 156 Å². The van der Waals surface area contributed by atoms with E-state index in [1.807, 2.05) is 0 Å². The largest absolute Gasteiger partial charge is 0.449 e. The highest BCUT2D eigenvalue weighted by atomic mass is 32.2. The lowest BCUT2D eigenvalue weighted by Gasteiger charge is -2.13. The molecule has 2 rings (SSSR count). The molecule has 0 aromatic heterocycles. The van der Waals surface area contributed by atoms with Gasteiger partial charge in [0, 0.05) is 12.7 Å². The van der Waals surface area contributed by atoms with Gasteiger partial charge in [0.1, 0.15) is 5.82 Å². The maximum absolute atomic E-state index is 13.6. The van der Waals surface area contributed by atoms with E-state index >= 15 is 0 Å². The van der Waals surface area contributed by atoms with Gasteiger partial charge in [-0.3, -0.25) is 9.52 Å². The molecule has 7 nitrogen and oxygen atoms in total. The number of rotatable bonds is 6. The minimum absolute atomic E-state index is 0.0565. The molecule has 0 aliphatic rings. The van der Waals surface area contributed by atoms with Crippen molar-refractivity contribution < 1.29 is 27.1 Å². The third-order valence-electron chi connectivity index (χ3n) is 3.70. The first-order valence-corrected chi connectivity index (χ1v) is 9.44. The van der Waals surface area contributed by atoms with Gasteiger partial charge in [0.15, 0.2) is 6.10 Å². The minimum Gasteiger partial charge on any atom is -0.449 e. The van der Waals surface area contributed by atoms with E-state index in [2.05, 4.69) is 10.0 Å². The van der Waals surface area contributed by atoms with Crippen LogP contribution in [0.1, 0.15) is 22.8 Å². The zero-order valence-electron chi connectivity index (χ0n) is 14.9. The fourth-order valence-electron chi connectivity index (χ4n) is 2.15. The number of nitrogens with one attached hydrogen (secondary N) is 2. The van der Waals surface area contributed by atoms with Crippen molar-refractivity contribution in [2.24, 2.45) is 0 Å². The fraction of sp³-hybridized carbons (Fsp3) is 0.222. The first kappa shape index (κ1) is 20.4. The van der Waals surface area contributed by atoms with Crippen LogP contribution in [0.25, 0.3) is 0 Å². The van der Waals surface area contributed by atoms with Crippen LogP contribution in [0.4, 0.5) is 10.1 Å². The summed E-state index contributed by atoms with van der Waals surface area (Å²) in [7, 11) is -2.63. The Morgan fingerprint density at radius 1 is 1.15 bits per heavy atom. The topological polar surface area (TPSA) is 102 Å². The summed E-state index contributed by atoms with van der Waals surface area (Å²) in [5.74, 6) is -1.89. The Bertz CT molecular complexity index is 975. The van der Waals surface area contributed by atoms with Gasteiger partial charge in [0.25, 0.3) is 15.9 Å². The quantitative estimate of drug-likeness (QED) is 0.732. The SMILES string of the molecule is CNC(=O)[C@@H](C)OC(=O)c1cccc(NS(=O)(=O)c2ccc(C)c(F)c2)c1. The number of aryl methyl sites for hydroxylation is 1. The Kier molecular flexibility index (Phi) is 6.17. The first-order valence-electron chi connectivity index (χ1n) is 7.95. The average Bonchev–Trinajstić information content (AvgIpc) is 2.62. The molecule has 0 bridgehead atoms. The van der Waals surface area contributed by atoms with E-state index in [-0.39, 0.29) is 16.1 Å². The summed E-state index contributed by atoms with van der Waals surface area (Å²) < 4.78 is 45.8. The Morgan fingerprint density at radius 3 is 2.48 bits per heavy atom. The summed E-state index contributed by atoms with van der Waals surface area (Å²) in [6.07, 6.45) is -1.00. The van der Waals surface area contributed by atoms with Crippen molar-refractivity contribution in [2.45, 2.75) is 24.8 Å². The van der Waals surface area contributed by atoms with Gasteiger partial charge < -0.3 is 10.1 Å². The van der Waals surface area contributed by atoms with Gasteiger partial charge in [-0.05, 0) is 49.7 Å². The highest BCUT2D eigenvalue weighted by Crippen LogP contribution is 2.20. The molecule has 27 heavy (non-hydrogen) atoms. The number of esters is 1. The normalized spacial score (nSPS) is 12.1. The number of carbonyl (C=O) groups is 2. The van der Waals surface area contributed by atoms with Crippen molar-refractivity contribution in [2.75, 3.05) is 11.8 Å². The van der Waals surface area contributed by atoms with Crippen LogP contribution in [-0.2, 0) is 19.6 Å². The maximum atomic E-state index is 13.6. The average molecular weight is 394 g/mol. The summed E-state index contributed by atoms with van der Waals surface area (Å²) in [6, 6.07) is 9.13. The monoisotopic (exact) mass is 394 g/mol. The number of carbonyl (C=O) groups excluding carboxylic acids is 2. The van der Waals surface area contributed by atoms with Crippen molar-refractivity contribution in [1.82, 2.24) is 5.32 Å². The molecule has 0 spiro atoms. The van der Waals surface area contributed by atoms with Crippen LogP contribution < -0.4 is 10.0 Å². The predicted molar refractivity (Wildman–Crippen MR) is 97.3 cm³/mol. The number of hydrogen-bond acceptors (Lipinski definition) is 5. The third-order valence-corrected chi connectivity index (χ3v) is 5.08. The molecule has 0 aliphatic carbocycles. The number of ether oxygens (including phenoxy) is 1. The Morgan fingerprint density at radius 2 is 1.85 bits per heavy atom. The van der Waals surface area contributed by atoms with Crippen LogP contribution in [0.5, 0.6) is 0 Å². The van der Waals surface area contributed by atoms with E-state index in [1.165, 1.54) is 57.3 Å². The smallest absolute Gasteiger partial charge is 0.338 e. The van der Waals surface area contributed by atoms with E-state index in [9.17, 15) is 22.4 Å². The van der Waals surface area contributed by atoms with Crippen LogP contribution in [0.15, 0.2) is 47.4 Å². The number of halogens is 1.